The minimum atomic E-state index is -4.70. The number of nitrogens with two attached hydrogens (primary N) is 2. The molecule has 1 aliphatic heterocycles. The second kappa shape index (κ2) is 13.0. The molecule has 1 amide bonds. The van der Waals surface area contributed by atoms with Crippen LogP contribution in [0.2, 0.25) is 5.02 Å². The van der Waals surface area contributed by atoms with Gasteiger partial charge in [0.15, 0.2) is 0 Å². The highest BCUT2D eigenvalue weighted by Crippen LogP contribution is 2.48. The summed E-state index contributed by atoms with van der Waals surface area (Å²) >= 11 is 5.98. The molecule has 2 fully saturated rings. The van der Waals surface area contributed by atoms with Crippen molar-refractivity contribution in [2.24, 2.45) is 10.9 Å². The van der Waals surface area contributed by atoms with E-state index >= 15 is 8.78 Å². The number of carbonyl (C=O) groups is 1. The van der Waals surface area contributed by atoms with Crippen molar-refractivity contribution in [3.8, 4) is 16.9 Å². The summed E-state index contributed by atoms with van der Waals surface area (Å²) in [4.78, 5) is 14.2. The van der Waals surface area contributed by atoms with E-state index in [1.54, 1.807) is 30.3 Å². The monoisotopic (exact) mass is 703 g/mol. The third kappa shape index (κ3) is 6.76. The molecule has 1 saturated heterocycles. The molecule has 6 rings (SSSR count). The smallest absolute Gasteiger partial charge is 0.288 e. The van der Waals surface area contributed by atoms with Gasteiger partial charge in [0.05, 0.1) is 23.6 Å². The van der Waals surface area contributed by atoms with Crippen LogP contribution in [-0.4, -0.2) is 50.4 Å². The number of piperidine rings is 1. The number of ether oxygens (including phenoxy) is 1. The molecule has 2 aliphatic rings. The molecule has 1 aliphatic carbocycles. The molecule has 0 unspecified atom stereocenters. The van der Waals surface area contributed by atoms with Gasteiger partial charge in [-0.25, -0.2) is 31.1 Å². The molecule has 4 N–H and O–H groups in total. The highest BCUT2D eigenvalue weighted by Gasteiger charge is 2.53. The molecule has 0 spiro atoms. The molecule has 13 heteroatoms. The topological polar surface area (TPSA) is 116 Å². The molecule has 0 radical (unpaired) electrons. The van der Waals surface area contributed by atoms with Crippen LogP contribution in [0.15, 0.2) is 83.8 Å². The van der Waals surface area contributed by atoms with Crippen LogP contribution in [0.1, 0.15) is 49.1 Å². The molecule has 7 nitrogen and oxygen atoms in total. The van der Waals surface area contributed by atoms with Crippen LogP contribution in [0.25, 0.3) is 21.9 Å². The molecular weight excluding hydrogens is 670 g/mol. The van der Waals surface area contributed by atoms with E-state index in [2.05, 4.69) is 0 Å². The molecule has 1 heterocycles. The number of amides is 1. The third-order valence-electron chi connectivity index (χ3n) is 9.22. The number of fused-ring (bicyclic) bond motifs is 1. The predicted molar refractivity (Wildman–Crippen MR) is 176 cm³/mol. The lowest BCUT2D eigenvalue weighted by Gasteiger charge is -2.40. The van der Waals surface area contributed by atoms with E-state index in [1.807, 2.05) is 0 Å². The first kappa shape index (κ1) is 34.2. The number of halogens is 5. The van der Waals surface area contributed by atoms with E-state index in [-0.39, 0.29) is 24.5 Å². The van der Waals surface area contributed by atoms with Crippen LogP contribution in [0.5, 0.6) is 5.75 Å². The number of carbonyl (C=O) groups excluding carboxylic acids is 1. The van der Waals surface area contributed by atoms with Gasteiger partial charge in [0.2, 0.25) is 15.9 Å². The zero-order chi connectivity index (χ0) is 34.4. The Balaban J connectivity index is 1.51. The number of nitrogens with zero attached hydrogens (tertiary/aromatic N) is 1. The zero-order valence-electron chi connectivity index (χ0n) is 25.7. The summed E-state index contributed by atoms with van der Waals surface area (Å²) in [6, 6.07) is 17.2. The van der Waals surface area contributed by atoms with Gasteiger partial charge < -0.3 is 15.4 Å². The first-order valence-corrected chi connectivity index (χ1v) is 17.5. The Hall–Kier alpha value is -3.71. The van der Waals surface area contributed by atoms with Crippen molar-refractivity contribution in [3.05, 3.63) is 95.0 Å². The van der Waals surface area contributed by atoms with E-state index < -0.39 is 62.3 Å². The minimum absolute atomic E-state index is 0.00317. The fourth-order valence-corrected chi connectivity index (χ4v) is 7.53. The van der Waals surface area contributed by atoms with E-state index in [0.717, 1.165) is 43.9 Å². The normalized spacial score (nSPS) is 19.4. The van der Waals surface area contributed by atoms with Gasteiger partial charge >= 0.3 is 0 Å². The first-order chi connectivity index (χ1) is 22.6. The van der Waals surface area contributed by atoms with Gasteiger partial charge in [0.1, 0.15) is 11.7 Å². The van der Waals surface area contributed by atoms with Crippen molar-refractivity contribution < 1.29 is 35.5 Å². The van der Waals surface area contributed by atoms with Gasteiger partial charge in [-0.1, -0.05) is 60.1 Å². The van der Waals surface area contributed by atoms with Gasteiger partial charge in [-0.05, 0) is 89.9 Å². The molecule has 254 valence electrons. The van der Waals surface area contributed by atoms with Crippen molar-refractivity contribution in [1.29, 1.82) is 0 Å². The summed E-state index contributed by atoms with van der Waals surface area (Å²) in [5.74, 6) is -11.1. The molecule has 2 atom stereocenters. The van der Waals surface area contributed by atoms with E-state index in [0.29, 0.717) is 32.2 Å². The first-order valence-electron chi connectivity index (χ1n) is 15.6. The van der Waals surface area contributed by atoms with E-state index in [1.165, 1.54) is 30.3 Å². The second-order valence-corrected chi connectivity index (χ2v) is 14.5. The number of likely N-dealkylation sites (tertiary alicyclic amines) is 1. The Morgan fingerprint density at radius 3 is 2.17 bits per heavy atom. The summed E-state index contributed by atoms with van der Waals surface area (Å²) < 4.78 is 95.8. The van der Waals surface area contributed by atoms with Gasteiger partial charge in [-0.3, -0.25) is 4.79 Å². The number of alkyl halides is 4. The van der Waals surface area contributed by atoms with Crippen LogP contribution in [0.4, 0.5) is 17.6 Å². The maximum Gasteiger partial charge on any atom is 0.288 e. The minimum Gasteiger partial charge on any atom is -0.490 e. The van der Waals surface area contributed by atoms with E-state index in [4.69, 9.17) is 27.2 Å². The lowest BCUT2D eigenvalue weighted by molar-refractivity contribution is -0.155. The summed E-state index contributed by atoms with van der Waals surface area (Å²) in [5, 5.41) is 6.37. The molecule has 4 aromatic rings. The van der Waals surface area contributed by atoms with Crippen molar-refractivity contribution >= 4 is 38.3 Å². The lowest BCUT2D eigenvalue weighted by atomic mass is 9.83. The average molecular weight is 704 g/mol. The maximum absolute atomic E-state index is 17.1. The highest BCUT2D eigenvalue weighted by atomic mass is 35.5. The van der Waals surface area contributed by atoms with Gasteiger partial charge in [-0.15, -0.1) is 0 Å². The van der Waals surface area contributed by atoms with Crippen LogP contribution in [0, 0.1) is 0 Å². The fourth-order valence-electron chi connectivity index (χ4n) is 6.61. The number of rotatable bonds is 8. The number of sulfonamides is 1. The standard InChI is InChI=1S/C35H34ClF4N3O4S/c36-25-12-7-22(8-13-25)21-5-10-24(11-6-21)35(39,40)32(33(44)43-18-17-30(41)34(37,38)20-43)31-28-15-14-27(47-26-3-1-2-4-26)19-23(28)9-16-29(31)48(42,45)46/h5-16,19,26,30,32H,1-4,17-18,20,41H2,(H2,42,45,46)/t30-,32+/m0/s1. The molecule has 0 bridgehead atoms. The lowest BCUT2D eigenvalue weighted by Crippen LogP contribution is -2.58. The molecule has 4 aromatic carbocycles. The number of benzene rings is 4. The molecule has 0 aromatic heterocycles. The summed E-state index contributed by atoms with van der Waals surface area (Å²) in [7, 11) is -4.70. The Labute approximate surface area is 280 Å². The van der Waals surface area contributed by atoms with Crippen molar-refractivity contribution in [1.82, 2.24) is 4.90 Å². The molecule has 1 saturated carbocycles. The van der Waals surface area contributed by atoms with Crippen LogP contribution in [0.3, 0.4) is 0 Å². The summed E-state index contributed by atoms with van der Waals surface area (Å²) in [5.41, 5.74) is 5.64. The largest absolute Gasteiger partial charge is 0.490 e. The average Bonchev–Trinajstić information content (AvgIpc) is 3.55. The van der Waals surface area contributed by atoms with Crippen LogP contribution < -0.4 is 15.6 Å². The Kier molecular flexibility index (Phi) is 9.22. The van der Waals surface area contributed by atoms with Gasteiger partial charge in [0.25, 0.3) is 11.8 Å². The van der Waals surface area contributed by atoms with Gasteiger partial charge in [0, 0.05) is 17.1 Å². The predicted octanol–water partition coefficient (Wildman–Crippen LogP) is 7.20. The Morgan fingerprint density at radius 2 is 1.56 bits per heavy atom. The quantitative estimate of drug-likeness (QED) is 0.188. The number of hydrogen-bond donors (Lipinski definition) is 2. The van der Waals surface area contributed by atoms with Crippen molar-refractivity contribution in [2.45, 2.75) is 66.9 Å². The number of hydrogen-bond acceptors (Lipinski definition) is 5. The van der Waals surface area contributed by atoms with E-state index in [9.17, 15) is 22.0 Å². The molecular formula is C35H34ClF4N3O4S. The second-order valence-electron chi connectivity index (χ2n) is 12.5. The summed E-state index contributed by atoms with van der Waals surface area (Å²) in [6.45, 7) is -1.53. The SMILES string of the molecule is N[C@H]1CCN(C(=O)[C@@H](c2c(S(N)(=O)=O)ccc3cc(OC4CCCC4)ccc23)C(F)(F)c2ccc(-c3ccc(Cl)cc3)cc2)CC1(F)F. The fraction of sp³-hybridized carbons (Fsp3) is 0.343. The van der Waals surface area contributed by atoms with Gasteiger partial charge in [-0.2, -0.15) is 0 Å². The maximum atomic E-state index is 17.1. The number of primary sulfonamides is 1. The Morgan fingerprint density at radius 1 is 0.938 bits per heavy atom. The summed E-state index contributed by atoms with van der Waals surface area (Å²) in [6.07, 6.45) is 3.38. The molecule has 48 heavy (non-hydrogen) atoms. The van der Waals surface area contributed by atoms with Crippen LogP contribution >= 0.6 is 11.6 Å². The highest BCUT2D eigenvalue weighted by molar-refractivity contribution is 7.89. The Bertz CT molecular complexity index is 1940. The van der Waals surface area contributed by atoms with Crippen LogP contribution in [-0.2, 0) is 20.7 Å². The van der Waals surface area contributed by atoms with Crippen molar-refractivity contribution in [3.63, 3.8) is 0 Å². The third-order valence-corrected chi connectivity index (χ3v) is 10.4. The van der Waals surface area contributed by atoms with Crippen molar-refractivity contribution in [2.75, 3.05) is 13.1 Å². The zero-order valence-corrected chi connectivity index (χ0v) is 27.3.